The summed E-state index contributed by atoms with van der Waals surface area (Å²) >= 11 is 0. The Morgan fingerprint density at radius 1 is 1.44 bits per heavy atom. The van der Waals surface area contributed by atoms with E-state index >= 15 is 0 Å². The fraction of sp³-hybridized carbons (Fsp3) is 0.889. The van der Waals surface area contributed by atoms with Crippen LogP contribution in [0.2, 0.25) is 0 Å². The average Bonchev–Trinajstić information content (AvgIpc) is 2.17. The van der Waals surface area contributed by atoms with Crippen LogP contribution >= 0.6 is 0 Å². The van der Waals surface area contributed by atoms with Gasteiger partial charge in [0.2, 0.25) is 5.91 Å². The van der Waals surface area contributed by atoms with Crippen LogP contribution in [0, 0.1) is 0 Å². The Hall–Kier alpha value is -0.820. The molecule has 1 aliphatic rings. The molecule has 0 aliphatic carbocycles. The third-order valence-electron chi connectivity index (χ3n) is 2.51. The first-order valence-electron chi connectivity index (χ1n) is 5.17. The Morgan fingerprint density at radius 3 is 2.44 bits per heavy atom. The van der Waals surface area contributed by atoms with Gasteiger partial charge in [0.1, 0.15) is 6.04 Å². The summed E-state index contributed by atoms with van der Waals surface area (Å²) < 4.78 is 38.2. The molecule has 1 fully saturated rings. The topological polar surface area (TPSA) is 44.4 Å². The second kappa shape index (κ2) is 5.49. The van der Waals surface area contributed by atoms with Gasteiger partial charge in [-0.05, 0) is 0 Å². The van der Waals surface area contributed by atoms with Gasteiger partial charge < -0.3 is 10.6 Å². The van der Waals surface area contributed by atoms with E-state index in [0.29, 0.717) is 26.2 Å². The van der Waals surface area contributed by atoms with E-state index in [2.05, 4.69) is 10.6 Å². The van der Waals surface area contributed by atoms with E-state index in [-0.39, 0.29) is 6.54 Å². The van der Waals surface area contributed by atoms with Crippen LogP contribution in [0.25, 0.3) is 0 Å². The van der Waals surface area contributed by atoms with Crippen LogP contribution in [-0.4, -0.2) is 55.7 Å². The zero-order valence-corrected chi connectivity index (χ0v) is 9.10. The van der Waals surface area contributed by atoms with Crippen LogP contribution in [0.15, 0.2) is 0 Å². The van der Waals surface area contributed by atoms with Gasteiger partial charge in [-0.1, -0.05) is 0 Å². The van der Waals surface area contributed by atoms with Crippen molar-refractivity contribution in [2.45, 2.75) is 19.1 Å². The summed E-state index contributed by atoms with van der Waals surface area (Å²) in [6.45, 7) is 2.64. The van der Waals surface area contributed by atoms with E-state index in [1.54, 1.807) is 0 Å². The van der Waals surface area contributed by atoms with Gasteiger partial charge in [-0.25, -0.2) is 0 Å². The highest BCUT2D eigenvalue weighted by atomic mass is 19.4. The molecule has 1 aliphatic heterocycles. The number of rotatable bonds is 3. The van der Waals surface area contributed by atoms with Crippen molar-refractivity contribution in [3.63, 3.8) is 0 Å². The smallest absolute Gasteiger partial charge is 0.354 e. The molecule has 1 rings (SSSR count). The monoisotopic (exact) mass is 239 g/mol. The molecule has 1 amide bonds. The van der Waals surface area contributed by atoms with Crippen molar-refractivity contribution in [2.75, 3.05) is 32.7 Å². The molecule has 0 aromatic rings. The quantitative estimate of drug-likeness (QED) is 0.726. The van der Waals surface area contributed by atoms with Crippen LogP contribution < -0.4 is 10.6 Å². The van der Waals surface area contributed by atoms with Crippen molar-refractivity contribution in [2.24, 2.45) is 0 Å². The predicted octanol–water partition coefficient (Wildman–Crippen LogP) is -0.0414. The summed E-state index contributed by atoms with van der Waals surface area (Å²) in [7, 11) is 0. The molecule has 0 aromatic heterocycles. The molecule has 0 saturated carbocycles. The highest BCUT2D eigenvalue weighted by Crippen LogP contribution is 2.24. The number of piperazine rings is 1. The van der Waals surface area contributed by atoms with Gasteiger partial charge >= 0.3 is 6.18 Å². The van der Waals surface area contributed by atoms with Gasteiger partial charge in [0, 0.05) is 39.6 Å². The Morgan fingerprint density at radius 2 is 2.00 bits per heavy atom. The minimum atomic E-state index is -4.31. The first kappa shape index (κ1) is 13.2. The van der Waals surface area contributed by atoms with Gasteiger partial charge in [0.05, 0.1) is 0 Å². The number of hydrogen-bond donors (Lipinski definition) is 2. The molecule has 7 heteroatoms. The second-order valence-electron chi connectivity index (χ2n) is 3.78. The number of nitrogens with one attached hydrogen (secondary N) is 2. The highest BCUT2D eigenvalue weighted by molar-refractivity contribution is 5.72. The summed E-state index contributed by atoms with van der Waals surface area (Å²) in [4.78, 5) is 12.0. The maximum Gasteiger partial charge on any atom is 0.405 e. The normalized spacial score (nSPS) is 20.5. The van der Waals surface area contributed by atoms with Crippen molar-refractivity contribution in [1.29, 1.82) is 0 Å². The molecule has 4 nitrogen and oxygen atoms in total. The number of nitrogens with zero attached hydrogens (tertiary/aromatic N) is 1. The third kappa shape index (κ3) is 3.97. The average molecular weight is 239 g/mol. The molecular formula is C9H16F3N3O. The van der Waals surface area contributed by atoms with Gasteiger partial charge in [0.25, 0.3) is 0 Å². The Balaban J connectivity index is 2.58. The largest absolute Gasteiger partial charge is 0.405 e. The minimum absolute atomic E-state index is 0.351. The Kier molecular flexibility index (Phi) is 4.55. The molecule has 0 radical (unpaired) electrons. The maximum atomic E-state index is 12.7. The summed E-state index contributed by atoms with van der Waals surface area (Å²) in [5.41, 5.74) is 0. The summed E-state index contributed by atoms with van der Waals surface area (Å²) in [5.74, 6) is -0.440. The molecule has 94 valence electrons. The fourth-order valence-corrected chi connectivity index (χ4v) is 1.69. The number of amides is 1. The van der Waals surface area contributed by atoms with Crippen molar-refractivity contribution >= 4 is 5.91 Å². The minimum Gasteiger partial charge on any atom is -0.354 e. The lowest BCUT2D eigenvalue weighted by atomic mass is 10.2. The Bertz CT molecular complexity index is 239. The van der Waals surface area contributed by atoms with Gasteiger partial charge in [-0.15, -0.1) is 0 Å². The zero-order valence-electron chi connectivity index (χ0n) is 9.10. The second-order valence-corrected chi connectivity index (χ2v) is 3.78. The molecule has 16 heavy (non-hydrogen) atoms. The molecule has 0 spiro atoms. The molecule has 0 aromatic carbocycles. The number of halogens is 3. The van der Waals surface area contributed by atoms with E-state index in [4.69, 9.17) is 0 Å². The standard InChI is InChI=1S/C9H16F3N3O/c1-7(16)14-6-8(9(10,11)12)15-4-2-13-3-5-15/h8,13H,2-6H2,1H3,(H,14,16). The molecule has 0 bridgehead atoms. The lowest BCUT2D eigenvalue weighted by Crippen LogP contribution is -2.57. The van der Waals surface area contributed by atoms with Gasteiger partial charge in [0.15, 0.2) is 0 Å². The van der Waals surface area contributed by atoms with Crippen LogP contribution in [0.5, 0.6) is 0 Å². The summed E-state index contributed by atoms with van der Waals surface area (Å²) in [5, 5.41) is 5.22. The first-order valence-corrected chi connectivity index (χ1v) is 5.17. The van der Waals surface area contributed by atoms with Crippen molar-refractivity contribution in [3.8, 4) is 0 Å². The van der Waals surface area contributed by atoms with Crippen LogP contribution in [-0.2, 0) is 4.79 Å². The molecule has 1 saturated heterocycles. The number of hydrogen-bond acceptors (Lipinski definition) is 3. The zero-order chi connectivity index (χ0) is 12.2. The SMILES string of the molecule is CC(=O)NCC(N1CCNCC1)C(F)(F)F. The Labute approximate surface area is 92.2 Å². The molecule has 1 atom stereocenters. The van der Waals surface area contributed by atoms with Crippen LogP contribution in [0.4, 0.5) is 13.2 Å². The molecule has 1 heterocycles. The highest BCUT2D eigenvalue weighted by Gasteiger charge is 2.43. The van der Waals surface area contributed by atoms with E-state index in [1.165, 1.54) is 11.8 Å². The van der Waals surface area contributed by atoms with Crippen molar-refractivity contribution < 1.29 is 18.0 Å². The van der Waals surface area contributed by atoms with E-state index in [9.17, 15) is 18.0 Å². The van der Waals surface area contributed by atoms with Crippen molar-refractivity contribution in [1.82, 2.24) is 15.5 Å². The third-order valence-corrected chi connectivity index (χ3v) is 2.51. The van der Waals surface area contributed by atoms with E-state index in [0.717, 1.165) is 0 Å². The van der Waals surface area contributed by atoms with E-state index in [1.807, 2.05) is 0 Å². The van der Waals surface area contributed by atoms with Gasteiger partial charge in [-0.2, -0.15) is 13.2 Å². The fourth-order valence-electron chi connectivity index (χ4n) is 1.69. The van der Waals surface area contributed by atoms with Crippen LogP contribution in [0.3, 0.4) is 0 Å². The maximum absolute atomic E-state index is 12.7. The van der Waals surface area contributed by atoms with Crippen LogP contribution in [0.1, 0.15) is 6.92 Å². The molecular weight excluding hydrogens is 223 g/mol. The number of carbonyl (C=O) groups excluding carboxylic acids is 1. The first-order chi connectivity index (χ1) is 7.41. The van der Waals surface area contributed by atoms with E-state index < -0.39 is 18.1 Å². The number of carbonyl (C=O) groups is 1. The summed E-state index contributed by atoms with van der Waals surface area (Å²) in [6, 6.07) is -1.58. The van der Waals surface area contributed by atoms with Gasteiger partial charge in [-0.3, -0.25) is 9.69 Å². The lowest BCUT2D eigenvalue weighted by molar-refractivity contribution is -0.183. The number of alkyl halides is 3. The predicted molar refractivity (Wildman–Crippen MR) is 53.0 cm³/mol. The van der Waals surface area contributed by atoms with Crippen molar-refractivity contribution in [3.05, 3.63) is 0 Å². The molecule has 2 N–H and O–H groups in total. The summed E-state index contributed by atoms with van der Waals surface area (Å²) in [6.07, 6.45) is -4.31. The molecule has 1 unspecified atom stereocenters. The lowest BCUT2D eigenvalue weighted by Gasteiger charge is -2.35.